The number of nitrogens with one attached hydrogen (secondary N) is 1. The summed E-state index contributed by atoms with van der Waals surface area (Å²) >= 11 is 1.75. The van der Waals surface area contributed by atoms with Gasteiger partial charge in [-0.05, 0) is 23.4 Å². The molecule has 1 aliphatic rings. The molecule has 1 aromatic rings. The predicted octanol–water partition coefficient (Wildman–Crippen LogP) is 0.395. The van der Waals surface area contributed by atoms with Gasteiger partial charge in [0.2, 0.25) is 5.91 Å². The number of esters is 1. The standard InChI is InChI=1S/C12H16N2O3S/c1-17-12(16)7-13-6-11(15)14-4-2-10-9(8-14)3-5-18-10/h3,5,13H,2,4,6-8H2,1H3. The highest BCUT2D eigenvalue weighted by Crippen LogP contribution is 2.23. The Balaban J connectivity index is 1.79. The lowest BCUT2D eigenvalue weighted by molar-refractivity contribution is -0.139. The molecule has 2 heterocycles. The number of hydrogen-bond donors (Lipinski definition) is 1. The first-order chi connectivity index (χ1) is 8.70. The number of carbonyl (C=O) groups excluding carboxylic acids is 2. The number of amides is 1. The molecule has 0 aromatic carbocycles. The highest BCUT2D eigenvalue weighted by molar-refractivity contribution is 7.10. The Bertz CT molecular complexity index is 444. The summed E-state index contributed by atoms with van der Waals surface area (Å²) in [6.45, 7) is 1.68. The van der Waals surface area contributed by atoms with E-state index in [1.165, 1.54) is 17.6 Å². The molecule has 0 saturated carbocycles. The fraction of sp³-hybridized carbons (Fsp3) is 0.500. The van der Waals surface area contributed by atoms with Gasteiger partial charge >= 0.3 is 5.97 Å². The van der Waals surface area contributed by atoms with Gasteiger partial charge in [-0.1, -0.05) is 0 Å². The number of hydrogen-bond acceptors (Lipinski definition) is 5. The summed E-state index contributed by atoms with van der Waals surface area (Å²) in [5.74, 6) is -0.336. The van der Waals surface area contributed by atoms with Crippen LogP contribution < -0.4 is 5.32 Å². The maximum Gasteiger partial charge on any atom is 0.319 e. The lowest BCUT2D eigenvalue weighted by atomic mass is 10.1. The van der Waals surface area contributed by atoms with Crippen molar-refractivity contribution in [2.45, 2.75) is 13.0 Å². The van der Waals surface area contributed by atoms with Crippen LogP contribution in [0.5, 0.6) is 0 Å². The molecule has 5 nitrogen and oxygen atoms in total. The molecule has 1 amide bonds. The molecule has 0 atom stereocenters. The third-order valence-corrected chi connectivity index (χ3v) is 3.96. The van der Waals surface area contributed by atoms with Gasteiger partial charge in [0.25, 0.3) is 0 Å². The Morgan fingerprint density at radius 2 is 2.33 bits per heavy atom. The fourth-order valence-corrected chi connectivity index (χ4v) is 2.81. The van der Waals surface area contributed by atoms with E-state index in [0.29, 0.717) is 6.54 Å². The van der Waals surface area contributed by atoms with Gasteiger partial charge in [0.1, 0.15) is 0 Å². The first-order valence-corrected chi connectivity index (χ1v) is 6.69. The second kappa shape index (κ2) is 5.97. The van der Waals surface area contributed by atoms with Crippen molar-refractivity contribution in [3.05, 3.63) is 21.9 Å². The van der Waals surface area contributed by atoms with Crippen molar-refractivity contribution in [1.82, 2.24) is 10.2 Å². The van der Waals surface area contributed by atoms with E-state index in [1.54, 1.807) is 11.3 Å². The maximum absolute atomic E-state index is 11.9. The Morgan fingerprint density at radius 3 is 3.11 bits per heavy atom. The topological polar surface area (TPSA) is 58.6 Å². The van der Waals surface area contributed by atoms with Gasteiger partial charge in [-0.15, -0.1) is 11.3 Å². The van der Waals surface area contributed by atoms with Crippen LogP contribution in [-0.2, 0) is 27.3 Å². The Labute approximate surface area is 110 Å². The van der Waals surface area contributed by atoms with Gasteiger partial charge in [-0.3, -0.25) is 14.9 Å². The molecule has 18 heavy (non-hydrogen) atoms. The van der Waals surface area contributed by atoms with Gasteiger partial charge in [-0.25, -0.2) is 0 Å². The third-order valence-electron chi connectivity index (χ3n) is 2.93. The molecule has 6 heteroatoms. The van der Waals surface area contributed by atoms with Crippen molar-refractivity contribution in [3.63, 3.8) is 0 Å². The zero-order chi connectivity index (χ0) is 13.0. The van der Waals surface area contributed by atoms with E-state index >= 15 is 0 Å². The lowest BCUT2D eigenvalue weighted by Crippen LogP contribution is -2.41. The van der Waals surface area contributed by atoms with E-state index < -0.39 is 0 Å². The van der Waals surface area contributed by atoms with Crippen LogP contribution in [-0.4, -0.2) is 43.5 Å². The molecule has 1 aliphatic heterocycles. The zero-order valence-corrected chi connectivity index (χ0v) is 11.1. The van der Waals surface area contributed by atoms with Crippen LogP contribution in [0.25, 0.3) is 0 Å². The number of ether oxygens (including phenoxy) is 1. The minimum absolute atomic E-state index is 0.0238. The first kappa shape index (κ1) is 13.0. The number of rotatable bonds is 4. The highest BCUT2D eigenvalue weighted by Gasteiger charge is 2.21. The molecule has 0 spiro atoms. The summed E-state index contributed by atoms with van der Waals surface area (Å²) in [4.78, 5) is 26.0. The van der Waals surface area contributed by atoms with Gasteiger partial charge < -0.3 is 9.64 Å². The maximum atomic E-state index is 11.9. The molecule has 0 unspecified atom stereocenters. The summed E-state index contributed by atoms with van der Waals surface area (Å²) < 4.78 is 4.49. The Morgan fingerprint density at radius 1 is 1.50 bits per heavy atom. The summed E-state index contributed by atoms with van der Waals surface area (Å²) in [5, 5.41) is 4.85. The van der Waals surface area contributed by atoms with E-state index in [0.717, 1.165) is 13.0 Å². The van der Waals surface area contributed by atoms with Crippen LogP contribution in [0.2, 0.25) is 0 Å². The van der Waals surface area contributed by atoms with Gasteiger partial charge in [0, 0.05) is 18.0 Å². The van der Waals surface area contributed by atoms with Crippen LogP contribution >= 0.6 is 11.3 Å². The van der Waals surface area contributed by atoms with Crippen molar-refractivity contribution in [2.24, 2.45) is 0 Å². The largest absolute Gasteiger partial charge is 0.468 e. The van der Waals surface area contributed by atoms with Gasteiger partial charge in [0.15, 0.2) is 0 Å². The Hall–Kier alpha value is -1.40. The number of carbonyl (C=O) groups is 2. The molecule has 0 saturated heterocycles. The molecule has 0 radical (unpaired) electrons. The smallest absolute Gasteiger partial charge is 0.319 e. The molecule has 2 rings (SSSR count). The van der Waals surface area contributed by atoms with E-state index in [-0.39, 0.29) is 25.0 Å². The van der Waals surface area contributed by atoms with Crippen molar-refractivity contribution in [3.8, 4) is 0 Å². The number of fused-ring (bicyclic) bond motifs is 1. The third kappa shape index (κ3) is 3.08. The second-order valence-corrected chi connectivity index (χ2v) is 5.11. The molecular formula is C12H16N2O3S. The van der Waals surface area contributed by atoms with Crippen molar-refractivity contribution >= 4 is 23.2 Å². The van der Waals surface area contributed by atoms with Gasteiger partial charge in [-0.2, -0.15) is 0 Å². The Kier molecular flexibility index (Phi) is 4.33. The minimum atomic E-state index is -0.360. The van der Waals surface area contributed by atoms with Gasteiger partial charge in [0.05, 0.1) is 20.2 Å². The van der Waals surface area contributed by atoms with Crippen molar-refractivity contribution < 1.29 is 14.3 Å². The van der Waals surface area contributed by atoms with E-state index in [4.69, 9.17) is 0 Å². The first-order valence-electron chi connectivity index (χ1n) is 5.81. The van der Waals surface area contributed by atoms with E-state index in [9.17, 15) is 9.59 Å². The number of nitrogens with zero attached hydrogens (tertiary/aromatic N) is 1. The average molecular weight is 268 g/mol. The zero-order valence-electron chi connectivity index (χ0n) is 10.3. The number of thiophene rings is 1. The normalized spacial score (nSPS) is 14.2. The van der Waals surface area contributed by atoms with Crippen LogP contribution in [0.1, 0.15) is 10.4 Å². The van der Waals surface area contributed by atoms with E-state index in [2.05, 4.69) is 21.5 Å². The predicted molar refractivity (Wildman–Crippen MR) is 68.3 cm³/mol. The summed E-state index contributed by atoms with van der Waals surface area (Å²) in [5.41, 5.74) is 1.24. The van der Waals surface area contributed by atoms with Crippen LogP contribution in [0.4, 0.5) is 0 Å². The molecule has 1 aromatic heterocycles. The molecule has 1 N–H and O–H groups in total. The summed E-state index contributed by atoms with van der Waals surface area (Å²) in [7, 11) is 1.33. The van der Waals surface area contributed by atoms with Crippen LogP contribution in [0.3, 0.4) is 0 Å². The van der Waals surface area contributed by atoms with Crippen LogP contribution in [0, 0.1) is 0 Å². The fourth-order valence-electron chi connectivity index (χ4n) is 1.92. The van der Waals surface area contributed by atoms with Crippen LogP contribution in [0.15, 0.2) is 11.4 Å². The minimum Gasteiger partial charge on any atom is -0.468 e. The monoisotopic (exact) mass is 268 g/mol. The molecular weight excluding hydrogens is 252 g/mol. The summed E-state index contributed by atoms with van der Waals surface area (Å²) in [6.07, 6.45) is 0.926. The highest BCUT2D eigenvalue weighted by atomic mass is 32.1. The van der Waals surface area contributed by atoms with Crippen molar-refractivity contribution in [1.29, 1.82) is 0 Å². The second-order valence-electron chi connectivity index (χ2n) is 4.11. The average Bonchev–Trinajstić information content (AvgIpc) is 2.85. The molecule has 0 fully saturated rings. The molecule has 98 valence electrons. The van der Waals surface area contributed by atoms with Crippen molar-refractivity contribution in [2.75, 3.05) is 26.7 Å². The quantitative estimate of drug-likeness (QED) is 0.803. The number of methoxy groups -OCH3 is 1. The molecule has 0 bridgehead atoms. The molecule has 0 aliphatic carbocycles. The van der Waals surface area contributed by atoms with E-state index in [1.807, 2.05) is 4.90 Å². The SMILES string of the molecule is COC(=O)CNCC(=O)N1CCc2sccc2C1. The lowest BCUT2D eigenvalue weighted by Gasteiger charge is -2.27. The summed E-state index contributed by atoms with van der Waals surface area (Å²) in [6, 6.07) is 2.07.